The van der Waals surface area contributed by atoms with Gasteiger partial charge in [0, 0.05) is 6.61 Å². The van der Waals surface area contributed by atoms with E-state index >= 15 is 0 Å². The van der Waals surface area contributed by atoms with Crippen LogP contribution in [0.5, 0.6) is 0 Å². The first-order chi connectivity index (χ1) is 5.12. The van der Waals surface area contributed by atoms with Crippen LogP contribution in [0.25, 0.3) is 0 Å². The van der Waals surface area contributed by atoms with Gasteiger partial charge in [0.05, 0.1) is 13.2 Å². The number of hydrogen-bond donors (Lipinski definition) is 2. The van der Waals surface area contributed by atoms with Crippen molar-refractivity contribution in [2.75, 3.05) is 19.8 Å². The summed E-state index contributed by atoms with van der Waals surface area (Å²) in [5.41, 5.74) is 0. The number of phosphoric ester groups is 1. The van der Waals surface area contributed by atoms with E-state index in [2.05, 4.69) is 9.05 Å². The fourth-order valence-corrected chi connectivity index (χ4v) is 1.21. The molecule has 6 heteroatoms. The second kappa shape index (κ2) is 5.69. The third-order valence-corrected chi connectivity index (χ3v) is 1.94. The standard InChI is InChI=1S/C5H13O5P/c1-2-9-11(7,8)10-5-3-4-6/h6H,2-5H2,1H3,(H,7,8). The molecule has 0 fully saturated rings. The predicted octanol–water partition coefficient (Wildman–Crippen LogP) is 0.522. The molecule has 68 valence electrons. The van der Waals surface area contributed by atoms with Gasteiger partial charge in [-0.1, -0.05) is 0 Å². The first kappa shape index (κ1) is 11.1. The van der Waals surface area contributed by atoms with Crippen molar-refractivity contribution in [1.82, 2.24) is 0 Å². The second-order valence-corrected chi connectivity index (χ2v) is 3.25. The molecule has 0 aliphatic heterocycles. The van der Waals surface area contributed by atoms with Crippen LogP contribution in [0.1, 0.15) is 13.3 Å². The van der Waals surface area contributed by atoms with E-state index in [1.807, 2.05) is 0 Å². The zero-order valence-corrected chi connectivity index (χ0v) is 7.29. The van der Waals surface area contributed by atoms with Gasteiger partial charge < -0.3 is 10.00 Å². The topological polar surface area (TPSA) is 76.0 Å². The maximum absolute atomic E-state index is 10.7. The average molecular weight is 184 g/mol. The molecule has 5 nitrogen and oxygen atoms in total. The quantitative estimate of drug-likeness (QED) is 0.465. The van der Waals surface area contributed by atoms with Gasteiger partial charge in [0.1, 0.15) is 0 Å². The van der Waals surface area contributed by atoms with Gasteiger partial charge in [-0.15, -0.1) is 0 Å². The van der Waals surface area contributed by atoms with E-state index in [4.69, 9.17) is 10.00 Å². The summed E-state index contributed by atoms with van der Waals surface area (Å²) in [4.78, 5) is 8.77. The molecule has 0 aromatic heterocycles. The van der Waals surface area contributed by atoms with Gasteiger partial charge in [0.25, 0.3) is 0 Å². The van der Waals surface area contributed by atoms with Crippen LogP contribution in [0.15, 0.2) is 0 Å². The van der Waals surface area contributed by atoms with Crippen LogP contribution >= 0.6 is 7.82 Å². The summed E-state index contributed by atoms with van der Waals surface area (Å²) in [6.07, 6.45) is 0.331. The normalized spacial score (nSPS) is 16.3. The first-order valence-corrected chi connectivity index (χ1v) is 4.84. The maximum atomic E-state index is 10.7. The van der Waals surface area contributed by atoms with Crippen molar-refractivity contribution in [3.63, 3.8) is 0 Å². The molecule has 2 N–H and O–H groups in total. The van der Waals surface area contributed by atoms with Crippen molar-refractivity contribution in [2.45, 2.75) is 13.3 Å². The molecule has 0 rings (SSSR count). The third kappa shape index (κ3) is 6.47. The number of phosphoric acid groups is 1. The van der Waals surface area contributed by atoms with Crippen LogP contribution in [0.4, 0.5) is 0 Å². The lowest BCUT2D eigenvalue weighted by Crippen LogP contribution is -1.98. The lowest BCUT2D eigenvalue weighted by Gasteiger charge is -2.09. The van der Waals surface area contributed by atoms with Gasteiger partial charge in [0.2, 0.25) is 0 Å². The van der Waals surface area contributed by atoms with Gasteiger partial charge in [-0.2, -0.15) is 0 Å². The van der Waals surface area contributed by atoms with Crippen LogP contribution in [0.2, 0.25) is 0 Å². The minimum Gasteiger partial charge on any atom is -0.396 e. The first-order valence-electron chi connectivity index (χ1n) is 3.35. The Morgan fingerprint density at radius 2 is 2.09 bits per heavy atom. The van der Waals surface area contributed by atoms with Gasteiger partial charge in [0.15, 0.2) is 0 Å². The minimum absolute atomic E-state index is 0.0320. The maximum Gasteiger partial charge on any atom is 0.472 e. The van der Waals surface area contributed by atoms with Crippen molar-refractivity contribution < 1.29 is 23.6 Å². The van der Waals surface area contributed by atoms with E-state index < -0.39 is 7.82 Å². The molecule has 0 saturated carbocycles. The van der Waals surface area contributed by atoms with Crippen LogP contribution in [-0.4, -0.2) is 29.8 Å². The number of hydrogen-bond acceptors (Lipinski definition) is 4. The van der Waals surface area contributed by atoms with Gasteiger partial charge in [-0.05, 0) is 13.3 Å². The van der Waals surface area contributed by atoms with Crippen molar-refractivity contribution in [1.29, 1.82) is 0 Å². The third-order valence-electron chi connectivity index (χ3n) is 0.849. The SMILES string of the molecule is CCOP(=O)(O)OCCCO. The monoisotopic (exact) mass is 184 g/mol. The highest BCUT2D eigenvalue weighted by molar-refractivity contribution is 7.47. The molecule has 0 amide bonds. The predicted molar refractivity (Wildman–Crippen MR) is 39.1 cm³/mol. The van der Waals surface area contributed by atoms with Crippen molar-refractivity contribution in [3.05, 3.63) is 0 Å². The zero-order chi connectivity index (χ0) is 8.74. The minimum atomic E-state index is -3.83. The molecule has 0 bridgehead atoms. The van der Waals surface area contributed by atoms with Gasteiger partial charge in [-0.25, -0.2) is 4.57 Å². The molecular weight excluding hydrogens is 171 g/mol. The lowest BCUT2D eigenvalue weighted by molar-refractivity contribution is 0.144. The van der Waals surface area contributed by atoms with Crippen LogP contribution in [0, 0.1) is 0 Å². The van der Waals surface area contributed by atoms with E-state index in [-0.39, 0.29) is 19.8 Å². The van der Waals surface area contributed by atoms with E-state index in [1.54, 1.807) is 6.92 Å². The highest BCUT2D eigenvalue weighted by Crippen LogP contribution is 2.42. The number of aliphatic hydroxyl groups excluding tert-OH is 1. The molecule has 0 aromatic carbocycles. The van der Waals surface area contributed by atoms with E-state index in [1.165, 1.54) is 0 Å². The Kier molecular flexibility index (Phi) is 5.72. The molecule has 0 aliphatic rings. The Morgan fingerprint density at radius 1 is 1.45 bits per heavy atom. The molecular formula is C5H13O5P. The summed E-state index contributed by atoms with van der Waals surface area (Å²) in [5.74, 6) is 0. The van der Waals surface area contributed by atoms with E-state index in [0.717, 1.165) is 0 Å². The Bertz CT molecular complexity index is 137. The molecule has 1 atom stereocenters. The Labute approximate surface area is 65.6 Å². The van der Waals surface area contributed by atoms with Crippen LogP contribution < -0.4 is 0 Å². The fraction of sp³-hybridized carbons (Fsp3) is 1.00. The molecule has 0 aromatic rings. The molecule has 0 spiro atoms. The van der Waals surface area contributed by atoms with Crippen molar-refractivity contribution >= 4 is 7.82 Å². The number of rotatable bonds is 6. The van der Waals surface area contributed by atoms with Crippen molar-refractivity contribution in [2.24, 2.45) is 0 Å². The summed E-state index contributed by atoms with van der Waals surface area (Å²) in [5, 5.41) is 8.30. The lowest BCUT2D eigenvalue weighted by atomic mass is 10.5. The Balaban J connectivity index is 3.47. The van der Waals surface area contributed by atoms with E-state index in [0.29, 0.717) is 6.42 Å². The summed E-state index contributed by atoms with van der Waals surface area (Å²) in [6.45, 7) is 1.70. The molecule has 0 radical (unpaired) electrons. The largest absolute Gasteiger partial charge is 0.472 e. The van der Waals surface area contributed by atoms with Gasteiger partial charge in [-0.3, -0.25) is 9.05 Å². The zero-order valence-electron chi connectivity index (χ0n) is 6.39. The Morgan fingerprint density at radius 3 is 2.55 bits per heavy atom. The smallest absolute Gasteiger partial charge is 0.396 e. The van der Waals surface area contributed by atoms with Crippen LogP contribution in [-0.2, 0) is 13.6 Å². The molecule has 11 heavy (non-hydrogen) atoms. The molecule has 0 saturated heterocycles. The average Bonchev–Trinajstić information content (AvgIpc) is 1.87. The second-order valence-electron chi connectivity index (χ2n) is 1.80. The Hall–Kier alpha value is 0.0700. The summed E-state index contributed by atoms with van der Waals surface area (Å²) >= 11 is 0. The van der Waals surface area contributed by atoms with Crippen molar-refractivity contribution in [3.8, 4) is 0 Å². The van der Waals surface area contributed by atoms with Crippen LogP contribution in [0.3, 0.4) is 0 Å². The van der Waals surface area contributed by atoms with E-state index in [9.17, 15) is 4.57 Å². The number of aliphatic hydroxyl groups is 1. The summed E-state index contributed by atoms with van der Waals surface area (Å²) in [6, 6.07) is 0. The molecule has 0 heterocycles. The summed E-state index contributed by atoms with van der Waals surface area (Å²) in [7, 11) is -3.83. The highest BCUT2D eigenvalue weighted by atomic mass is 31.2. The molecule has 1 unspecified atom stereocenters. The summed E-state index contributed by atoms with van der Waals surface area (Å²) < 4.78 is 19.5. The highest BCUT2D eigenvalue weighted by Gasteiger charge is 2.18. The fourth-order valence-electron chi connectivity index (χ4n) is 0.445. The molecule has 0 aliphatic carbocycles. The van der Waals surface area contributed by atoms with Gasteiger partial charge >= 0.3 is 7.82 Å².